The fourth-order valence-corrected chi connectivity index (χ4v) is 3.43. The Morgan fingerprint density at radius 3 is 2.65 bits per heavy atom. The summed E-state index contributed by atoms with van der Waals surface area (Å²) in [6.07, 6.45) is 1.35. The molecule has 0 aliphatic rings. The molecule has 1 amide bonds. The molecule has 0 atom stereocenters. The quantitative estimate of drug-likeness (QED) is 0.201. The van der Waals surface area contributed by atoms with E-state index >= 15 is 0 Å². The molecule has 2 N–H and O–H groups in total. The number of ether oxygens (including phenoxy) is 1. The Balaban J connectivity index is 1.39. The van der Waals surface area contributed by atoms with Gasteiger partial charge in [-0.05, 0) is 55.1 Å². The van der Waals surface area contributed by atoms with E-state index < -0.39 is 5.91 Å². The van der Waals surface area contributed by atoms with Gasteiger partial charge in [0.25, 0.3) is 5.91 Å². The van der Waals surface area contributed by atoms with Crippen molar-refractivity contribution in [3.8, 4) is 11.5 Å². The Hall–Kier alpha value is -4.52. The molecule has 0 saturated heterocycles. The fraction of sp³-hybridized carbons (Fsp3) is 0.111. The largest absolute Gasteiger partial charge is 0.507 e. The summed E-state index contributed by atoms with van der Waals surface area (Å²) >= 11 is 0. The van der Waals surface area contributed by atoms with Crippen LogP contribution in [0.25, 0.3) is 10.8 Å². The van der Waals surface area contributed by atoms with Crippen LogP contribution in [0.4, 0.5) is 11.4 Å². The van der Waals surface area contributed by atoms with E-state index in [0.29, 0.717) is 17.0 Å². The van der Waals surface area contributed by atoms with Crippen molar-refractivity contribution in [2.45, 2.75) is 13.8 Å². The molecule has 0 heterocycles. The summed E-state index contributed by atoms with van der Waals surface area (Å²) in [4.78, 5) is 12.1. The number of carbonyl (C=O) groups is 1. The van der Waals surface area contributed by atoms with Crippen LogP contribution in [0.3, 0.4) is 0 Å². The number of hydrogen-bond acceptors (Lipinski definition) is 6. The van der Waals surface area contributed by atoms with E-state index in [1.807, 2.05) is 74.5 Å². The fourth-order valence-electron chi connectivity index (χ4n) is 3.43. The van der Waals surface area contributed by atoms with Gasteiger partial charge in [-0.1, -0.05) is 54.1 Å². The number of phenols is 1. The number of azo groups is 1. The van der Waals surface area contributed by atoms with E-state index in [1.165, 1.54) is 12.3 Å². The lowest BCUT2D eigenvalue weighted by molar-refractivity contribution is -0.123. The van der Waals surface area contributed by atoms with Gasteiger partial charge in [0.15, 0.2) is 6.61 Å². The van der Waals surface area contributed by atoms with Gasteiger partial charge in [0.1, 0.15) is 11.5 Å². The molecular weight excluding hydrogens is 428 g/mol. The number of hydrazone groups is 1. The third-order valence-corrected chi connectivity index (χ3v) is 5.13. The highest BCUT2D eigenvalue weighted by atomic mass is 16.5. The second-order valence-corrected chi connectivity index (χ2v) is 7.79. The molecule has 0 radical (unpaired) electrons. The summed E-state index contributed by atoms with van der Waals surface area (Å²) in [5.74, 6) is 0.239. The lowest BCUT2D eigenvalue weighted by Crippen LogP contribution is -2.24. The van der Waals surface area contributed by atoms with Gasteiger partial charge in [-0.3, -0.25) is 4.79 Å². The second-order valence-electron chi connectivity index (χ2n) is 7.79. The maximum Gasteiger partial charge on any atom is 0.277 e. The Morgan fingerprint density at radius 2 is 1.79 bits per heavy atom. The lowest BCUT2D eigenvalue weighted by atomic mass is 10.1. The van der Waals surface area contributed by atoms with Crippen LogP contribution < -0.4 is 10.2 Å². The first-order chi connectivity index (χ1) is 16.5. The number of nitrogens with zero attached hydrogens (tertiary/aromatic N) is 3. The van der Waals surface area contributed by atoms with Crippen LogP contribution in [0.2, 0.25) is 0 Å². The van der Waals surface area contributed by atoms with E-state index in [1.54, 1.807) is 12.1 Å². The van der Waals surface area contributed by atoms with Gasteiger partial charge in [-0.25, -0.2) is 5.43 Å². The molecule has 0 spiro atoms. The van der Waals surface area contributed by atoms with Crippen LogP contribution in [-0.2, 0) is 4.79 Å². The van der Waals surface area contributed by atoms with Crippen molar-refractivity contribution in [1.82, 2.24) is 5.43 Å². The van der Waals surface area contributed by atoms with E-state index in [4.69, 9.17) is 4.74 Å². The van der Waals surface area contributed by atoms with Crippen LogP contribution >= 0.6 is 0 Å². The number of phenolic OH excluding ortho intramolecular Hbond substituents is 1. The first-order valence-corrected chi connectivity index (χ1v) is 10.7. The number of hydrogen-bond donors (Lipinski definition) is 2. The van der Waals surface area contributed by atoms with E-state index in [2.05, 4.69) is 20.8 Å². The standard InChI is InChI=1S/C27H24N4O3/c1-18-10-13-26(19(2)14-18)34-17-27(33)31-28-16-21-15-22(11-12-25(21)32)29-30-24-9-5-7-20-6-3-4-8-23(20)24/h3-16,32H,17H2,1-2H3,(H,31,33)/b28-16+,30-29?. The molecule has 0 fully saturated rings. The van der Waals surface area contributed by atoms with Crippen molar-refractivity contribution in [3.63, 3.8) is 0 Å². The highest BCUT2D eigenvalue weighted by Crippen LogP contribution is 2.28. The summed E-state index contributed by atoms with van der Waals surface area (Å²) in [5.41, 5.74) is 6.15. The molecule has 4 aromatic rings. The predicted octanol–water partition coefficient (Wildman–Crippen LogP) is 6.11. The molecule has 0 unspecified atom stereocenters. The van der Waals surface area contributed by atoms with E-state index in [-0.39, 0.29) is 12.4 Å². The van der Waals surface area contributed by atoms with Gasteiger partial charge in [-0.15, -0.1) is 5.11 Å². The van der Waals surface area contributed by atoms with Crippen molar-refractivity contribution in [3.05, 3.63) is 95.6 Å². The van der Waals surface area contributed by atoms with Crippen molar-refractivity contribution in [2.24, 2.45) is 15.3 Å². The summed E-state index contributed by atoms with van der Waals surface area (Å²) in [5, 5.41) is 24.8. The maximum atomic E-state index is 12.1. The second kappa shape index (κ2) is 10.4. The average molecular weight is 453 g/mol. The first kappa shape index (κ1) is 22.7. The van der Waals surface area contributed by atoms with Gasteiger partial charge < -0.3 is 9.84 Å². The Morgan fingerprint density at radius 1 is 0.971 bits per heavy atom. The minimum atomic E-state index is -0.414. The molecule has 0 saturated carbocycles. The van der Waals surface area contributed by atoms with Crippen LogP contribution in [0.1, 0.15) is 16.7 Å². The zero-order valence-electron chi connectivity index (χ0n) is 18.9. The summed E-state index contributed by atoms with van der Waals surface area (Å²) in [6.45, 7) is 3.74. The minimum absolute atomic E-state index is 0.00800. The number of benzene rings is 4. The zero-order valence-corrected chi connectivity index (χ0v) is 18.9. The molecule has 0 aliphatic carbocycles. The van der Waals surface area contributed by atoms with Crippen LogP contribution in [0, 0.1) is 13.8 Å². The number of aryl methyl sites for hydroxylation is 2. The average Bonchev–Trinajstić information content (AvgIpc) is 2.83. The number of aromatic hydroxyl groups is 1. The van der Waals surface area contributed by atoms with Crippen molar-refractivity contribution < 1.29 is 14.6 Å². The molecule has 7 heteroatoms. The smallest absolute Gasteiger partial charge is 0.277 e. The molecule has 0 aromatic heterocycles. The zero-order chi connectivity index (χ0) is 23.9. The topological polar surface area (TPSA) is 95.6 Å². The molecule has 34 heavy (non-hydrogen) atoms. The number of nitrogens with one attached hydrogen (secondary N) is 1. The highest BCUT2D eigenvalue weighted by Gasteiger charge is 2.05. The van der Waals surface area contributed by atoms with Crippen molar-refractivity contribution in [2.75, 3.05) is 6.61 Å². The minimum Gasteiger partial charge on any atom is -0.507 e. The van der Waals surface area contributed by atoms with Gasteiger partial charge >= 0.3 is 0 Å². The normalized spacial score (nSPS) is 11.4. The third-order valence-electron chi connectivity index (χ3n) is 5.13. The monoisotopic (exact) mass is 452 g/mol. The van der Waals surface area contributed by atoms with Gasteiger partial charge in [-0.2, -0.15) is 10.2 Å². The SMILES string of the molecule is Cc1ccc(OCC(=O)N/N=C/c2cc(N=Nc3cccc4ccccc34)ccc2O)c(C)c1. The number of amides is 1. The van der Waals surface area contributed by atoms with E-state index in [0.717, 1.165) is 27.6 Å². The molecule has 7 nitrogen and oxygen atoms in total. The molecular formula is C27H24N4O3. The van der Waals surface area contributed by atoms with Crippen molar-refractivity contribution >= 4 is 34.3 Å². The molecule has 0 aliphatic heterocycles. The lowest BCUT2D eigenvalue weighted by Gasteiger charge is -2.08. The predicted molar refractivity (Wildman–Crippen MR) is 133 cm³/mol. The highest BCUT2D eigenvalue weighted by molar-refractivity contribution is 5.92. The Labute approximate surface area is 197 Å². The Kier molecular flexibility index (Phi) is 6.93. The van der Waals surface area contributed by atoms with Crippen LogP contribution in [0.5, 0.6) is 11.5 Å². The van der Waals surface area contributed by atoms with Crippen LogP contribution in [0.15, 0.2) is 94.2 Å². The van der Waals surface area contributed by atoms with Crippen molar-refractivity contribution in [1.29, 1.82) is 0 Å². The summed E-state index contributed by atoms with van der Waals surface area (Å²) < 4.78 is 5.54. The number of rotatable bonds is 7. The van der Waals surface area contributed by atoms with E-state index in [9.17, 15) is 9.90 Å². The number of carbonyl (C=O) groups excluding carboxylic acids is 1. The summed E-state index contributed by atoms with van der Waals surface area (Å²) in [7, 11) is 0. The molecule has 4 aromatic carbocycles. The van der Waals surface area contributed by atoms with Gasteiger partial charge in [0, 0.05) is 10.9 Å². The molecule has 170 valence electrons. The molecule has 0 bridgehead atoms. The first-order valence-electron chi connectivity index (χ1n) is 10.7. The van der Waals surface area contributed by atoms with Gasteiger partial charge in [0.2, 0.25) is 0 Å². The number of fused-ring (bicyclic) bond motifs is 1. The molecule has 4 rings (SSSR count). The van der Waals surface area contributed by atoms with Gasteiger partial charge in [0.05, 0.1) is 17.6 Å². The third kappa shape index (κ3) is 5.63. The van der Waals surface area contributed by atoms with Crippen LogP contribution in [-0.4, -0.2) is 23.8 Å². The maximum absolute atomic E-state index is 12.1. The summed E-state index contributed by atoms with van der Waals surface area (Å²) in [6, 6.07) is 24.3. The Bertz CT molecular complexity index is 1390.